The van der Waals surface area contributed by atoms with Crippen molar-refractivity contribution in [2.45, 2.75) is 26.2 Å². The Bertz CT molecular complexity index is 4100. The number of rotatable bonds is 5. The van der Waals surface area contributed by atoms with Crippen molar-refractivity contribution < 1.29 is 0 Å². The molecule has 72 heavy (non-hydrogen) atoms. The molecule has 0 aromatic heterocycles. The van der Waals surface area contributed by atoms with Gasteiger partial charge < -0.3 is 9.80 Å². The number of fused-ring (bicyclic) bond motifs is 8. The summed E-state index contributed by atoms with van der Waals surface area (Å²) in [6.45, 7) is 10.0. The molecule has 4 heteroatoms. The van der Waals surface area contributed by atoms with Gasteiger partial charge in [-0.15, -0.1) is 0 Å². The lowest BCUT2D eigenvalue weighted by molar-refractivity contribution is 1.29. The minimum Gasteiger partial charge on any atom is -0.311 e. The first-order valence-corrected chi connectivity index (χ1v) is 31.3. The van der Waals surface area contributed by atoms with E-state index >= 15 is 0 Å². The van der Waals surface area contributed by atoms with Gasteiger partial charge in [0.1, 0.15) is 16.1 Å². The van der Waals surface area contributed by atoms with Crippen LogP contribution in [0.2, 0.25) is 26.2 Å². The van der Waals surface area contributed by atoms with E-state index in [9.17, 15) is 0 Å². The zero-order valence-corrected chi connectivity index (χ0v) is 43.0. The minimum atomic E-state index is -2.01. The third kappa shape index (κ3) is 6.39. The Morgan fingerprint density at radius 1 is 0.264 bits per heavy atom. The van der Waals surface area contributed by atoms with Gasteiger partial charge in [0, 0.05) is 34.1 Å². The molecule has 2 aliphatic heterocycles. The zero-order valence-electron chi connectivity index (χ0n) is 41.0. The van der Waals surface area contributed by atoms with Crippen molar-refractivity contribution in [1.82, 2.24) is 0 Å². The lowest BCUT2D eigenvalue weighted by Crippen LogP contribution is -2.58. The summed E-state index contributed by atoms with van der Waals surface area (Å²) in [5.74, 6) is 0. The Kier molecular flexibility index (Phi) is 9.54. The van der Waals surface area contributed by atoms with Crippen molar-refractivity contribution in [1.29, 1.82) is 0 Å². The fourth-order valence-electron chi connectivity index (χ4n) is 12.7. The van der Waals surface area contributed by atoms with Gasteiger partial charge in [-0.2, -0.15) is 0 Å². The summed E-state index contributed by atoms with van der Waals surface area (Å²) >= 11 is 0. The second kappa shape index (κ2) is 16.1. The minimum absolute atomic E-state index is 1.16. The summed E-state index contributed by atoms with van der Waals surface area (Å²) in [4.78, 5) is 5.08. The van der Waals surface area contributed by atoms with Gasteiger partial charge in [-0.25, -0.2) is 0 Å². The summed E-state index contributed by atoms with van der Waals surface area (Å²) in [6.07, 6.45) is 0. The predicted molar refractivity (Wildman–Crippen MR) is 316 cm³/mol. The molecule has 0 radical (unpaired) electrons. The number of para-hydroxylation sites is 4. The van der Waals surface area contributed by atoms with Crippen LogP contribution in [0.1, 0.15) is 0 Å². The van der Waals surface area contributed by atoms with E-state index in [0.29, 0.717) is 0 Å². The monoisotopic (exact) mass is 952 g/mol. The molecule has 0 N–H and O–H groups in total. The van der Waals surface area contributed by atoms with Crippen molar-refractivity contribution >= 4 is 114 Å². The van der Waals surface area contributed by atoms with E-state index in [1.807, 2.05) is 0 Å². The van der Waals surface area contributed by atoms with Gasteiger partial charge in [0.05, 0.1) is 0 Å². The number of hydrogen-bond donors (Lipinski definition) is 0. The SMILES string of the molecule is C[Si]1(C)c2ccccc2N(c2ccc3c(-c4ccc5ccccc5c4)c4cc(N5c6ccccc6[Si](C)(C)c6ccccc65)ccc4c(-c4cccc(-c5cccc6ccccc56)c4)c3c2)c2ccccc21. The van der Waals surface area contributed by atoms with Crippen LogP contribution in [0.5, 0.6) is 0 Å². The van der Waals surface area contributed by atoms with Gasteiger partial charge >= 0.3 is 0 Å². The molecule has 0 bridgehead atoms. The van der Waals surface area contributed by atoms with Crippen LogP contribution in [-0.4, -0.2) is 16.1 Å². The van der Waals surface area contributed by atoms with Crippen molar-refractivity contribution in [3.63, 3.8) is 0 Å². The van der Waals surface area contributed by atoms with E-state index < -0.39 is 16.1 Å². The molecule has 0 aliphatic carbocycles. The maximum absolute atomic E-state index is 2.54. The molecule has 0 fully saturated rings. The zero-order chi connectivity index (χ0) is 48.3. The Morgan fingerprint density at radius 3 is 1.22 bits per heavy atom. The van der Waals surface area contributed by atoms with Gasteiger partial charge in [0.2, 0.25) is 0 Å². The maximum Gasteiger partial charge on any atom is 0.117 e. The molecule has 14 rings (SSSR count). The molecule has 0 amide bonds. The second-order valence-electron chi connectivity index (χ2n) is 20.9. The summed E-state index contributed by atoms with van der Waals surface area (Å²) in [6, 6.07) is 91.8. The summed E-state index contributed by atoms with van der Waals surface area (Å²) < 4.78 is 0. The Hall–Kier alpha value is -8.29. The lowest BCUT2D eigenvalue weighted by Gasteiger charge is -2.41. The molecule has 2 nitrogen and oxygen atoms in total. The van der Waals surface area contributed by atoms with Gasteiger partial charge in [-0.1, -0.05) is 208 Å². The highest BCUT2D eigenvalue weighted by Crippen LogP contribution is 2.50. The fraction of sp³-hybridized carbons (Fsp3) is 0.0588. The van der Waals surface area contributed by atoms with Gasteiger partial charge in [-0.3, -0.25) is 0 Å². The number of hydrogen-bond acceptors (Lipinski definition) is 2. The van der Waals surface area contributed by atoms with Crippen molar-refractivity contribution in [3.05, 3.63) is 243 Å². The predicted octanol–water partition coefficient (Wildman–Crippen LogP) is 16.5. The molecule has 0 unspecified atom stereocenters. The van der Waals surface area contributed by atoms with Crippen LogP contribution in [0.15, 0.2) is 243 Å². The Morgan fingerprint density at radius 2 is 0.681 bits per heavy atom. The largest absolute Gasteiger partial charge is 0.311 e. The van der Waals surface area contributed by atoms with Gasteiger partial charge in [-0.05, 0) is 158 Å². The molecule has 2 heterocycles. The molecule has 0 spiro atoms. The highest BCUT2D eigenvalue weighted by molar-refractivity contribution is 7.03. The van der Waals surface area contributed by atoms with Crippen molar-refractivity contribution in [3.8, 4) is 33.4 Å². The van der Waals surface area contributed by atoms with E-state index in [-0.39, 0.29) is 0 Å². The average molecular weight is 953 g/mol. The topological polar surface area (TPSA) is 6.48 Å². The van der Waals surface area contributed by atoms with Crippen LogP contribution in [0.4, 0.5) is 34.1 Å². The third-order valence-electron chi connectivity index (χ3n) is 16.2. The number of benzene rings is 12. The van der Waals surface area contributed by atoms with Gasteiger partial charge in [0.25, 0.3) is 0 Å². The molecule has 0 saturated heterocycles. The van der Waals surface area contributed by atoms with E-state index in [2.05, 4.69) is 279 Å². The Labute approximate surface area is 423 Å². The summed E-state index contributed by atoms with van der Waals surface area (Å²) in [7, 11) is -4.02. The van der Waals surface area contributed by atoms with Crippen LogP contribution in [0, 0.1) is 0 Å². The summed E-state index contributed by atoms with van der Waals surface area (Å²) in [5.41, 5.74) is 14.8. The second-order valence-corrected chi connectivity index (χ2v) is 29.5. The highest BCUT2D eigenvalue weighted by atomic mass is 28.3. The number of anilines is 6. The van der Waals surface area contributed by atoms with Crippen molar-refractivity contribution in [2.24, 2.45) is 0 Å². The molecule has 0 atom stereocenters. The molecular formula is C68H52N2Si2. The molecule has 12 aromatic carbocycles. The fourth-order valence-corrected chi connectivity index (χ4v) is 18.6. The normalized spacial score (nSPS) is 14.3. The van der Waals surface area contributed by atoms with Crippen LogP contribution in [0.25, 0.3) is 76.5 Å². The highest BCUT2D eigenvalue weighted by Gasteiger charge is 2.40. The van der Waals surface area contributed by atoms with Gasteiger partial charge in [0.15, 0.2) is 0 Å². The quantitative estimate of drug-likeness (QED) is 0.125. The summed E-state index contributed by atoms with van der Waals surface area (Å²) in [5, 5.41) is 15.7. The molecule has 342 valence electrons. The molecule has 12 aromatic rings. The van der Waals surface area contributed by atoms with Crippen LogP contribution >= 0.6 is 0 Å². The van der Waals surface area contributed by atoms with Crippen molar-refractivity contribution in [2.75, 3.05) is 9.80 Å². The number of nitrogens with zero attached hydrogens (tertiary/aromatic N) is 2. The molecular weight excluding hydrogens is 901 g/mol. The first-order valence-electron chi connectivity index (χ1n) is 25.3. The van der Waals surface area contributed by atoms with E-state index in [4.69, 9.17) is 0 Å². The van der Waals surface area contributed by atoms with Crippen LogP contribution in [-0.2, 0) is 0 Å². The molecule has 2 aliphatic rings. The van der Waals surface area contributed by atoms with E-state index in [0.717, 1.165) is 11.4 Å². The first kappa shape index (κ1) is 42.6. The van der Waals surface area contributed by atoms with E-state index in [1.54, 1.807) is 0 Å². The van der Waals surface area contributed by atoms with Crippen LogP contribution in [0.3, 0.4) is 0 Å². The maximum atomic E-state index is 2.54. The first-order chi connectivity index (χ1) is 35.2. The standard InChI is InChI=1S/C68H52N2Si2/c1-71(2)63-31-13-9-27-59(63)69(60-28-10-14-32-64(60)71)51-38-40-56-57(43-51)67(49-24-17-23-48(42-49)54-26-18-22-46-20-7-8-25-53(46)54)55-39-37-52(44-58(55)68(56)50-36-35-45-19-5-6-21-47(45)41-50)70-61-29-11-15-33-65(61)72(3,4)66-34-16-12-30-62(66)70/h5-44H,1-4H3. The van der Waals surface area contributed by atoms with Crippen LogP contribution < -0.4 is 30.5 Å². The Balaban J connectivity index is 1.10. The average Bonchev–Trinajstić information content (AvgIpc) is 3.42. The van der Waals surface area contributed by atoms with E-state index in [1.165, 1.54) is 120 Å². The molecule has 0 saturated carbocycles. The smallest absolute Gasteiger partial charge is 0.117 e. The lowest BCUT2D eigenvalue weighted by atomic mass is 9.84. The third-order valence-corrected chi connectivity index (χ3v) is 23.2.